The Morgan fingerprint density at radius 2 is 1.53 bits per heavy atom. The van der Waals surface area contributed by atoms with Crippen molar-refractivity contribution in [1.29, 1.82) is 0 Å². The summed E-state index contributed by atoms with van der Waals surface area (Å²) < 4.78 is 0. The third-order valence-electron chi connectivity index (χ3n) is 4.15. The molecule has 17 heavy (non-hydrogen) atoms. The van der Waals surface area contributed by atoms with Crippen molar-refractivity contribution < 1.29 is 0 Å². The second-order valence-corrected chi connectivity index (χ2v) is 5.58. The van der Waals surface area contributed by atoms with Crippen LogP contribution in [-0.2, 0) is 6.54 Å². The summed E-state index contributed by atoms with van der Waals surface area (Å²) in [5, 5.41) is 0. The molecular weight excluding hydrogens is 208 g/mol. The van der Waals surface area contributed by atoms with Crippen molar-refractivity contribution in [3.8, 4) is 0 Å². The molecule has 2 saturated carbocycles. The predicted molar refractivity (Wildman–Crippen MR) is 71.7 cm³/mol. The molecule has 0 bridgehead atoms. The number of hydrogen-bond acceptors (Lipinski definition) is 2. The lowest BCUT2D eigenvalue weighted by atomic mass is 10.1. The summed E-state index contributed by atoms with van der Waals surface area (Å²) in [6.07, 6.45) is 8.49. The first-order chi connectivity index (χ1) is 8.33. The van der Waals surface area contributed by atoms with Gasteiger partial charge in [0.2, 0.25) is 0 Å². The Bertz CT molecular complexity index is 361. The smallest absolute Gasteiger partial charge is 0.0314 e. The third kappa shape index (κ3) is 2.63. The average molecular weight is 230 g/mol. The quantitative estimate of drug-likeness (QED) is 0.805. The van der Waals surface area contributed by atoms with Gasteiger partial charge in [-0.15, -0.1) is 0 Å². The van der Waals surface area contributed by atoms with Crippen molar-refractivity contribution in [2.75, 3.05) is 5.73 Å². The van der Waals surface area contributed by atoms with Crippen LogP contribution in [0.25, 0.3) is 0 Å². The lowest BCUT2D eigenvalue weighted by Crippen LogP contribution is -2.34. The molecule has 0 aromatic heterocycles. The number of anilines is 1. The molecule has 1 aromatic rings. The SMILES string of the molecule is Nc1ccc(CN(C2CCCC2)C2CC2)cc1. The topological polar surface area (TPSA) is 29.3 Å². The van der Waals surface area contributed by atoms with Gasteiger partial charge >= 0.3 is 0 Å². The highest BCUT2D eigenvalue weighted by molar-refractivity contribution is 5.39. The summed E-state index contributed by atoms with van der Waals surface area (Å²) in [5.41, 5.74) is 8.02. The van der Waals surface area contributed by atoms with Crippen molar-refractivity contribution in [1.82, 2.24) is 4.90 Å². The maximum Gasteiger partial charge on any atom is 0.0314 e. The molecule has 0 saturated heterocycles. The van der Waals surface area contributed by atoms with E-state index in [0.717, 1.165) is 24.3 Å². The van der Waals surface area contributed by atoms with E-state index in [1.807, 2.05) is 12.1 Å². The lowest BCUT2D eigenvalue weighted by Gasteiger charge is -2.28. The number of rotatable bonds is 4. The molecule has 92 valence electrons. The van der Waals surface area contributed by atoms with Crippen molar-refractivity contribution in [3.05, 3.63) is 29.8 Å². The first-order valence-electron chi connectivity index (χ1n) is 6.93. The number of nitrogens with two attached hydrogens (primary N) is 1. The average Bonchev–Trinajstić information content (AvgIpc) is 3.03. The normalized spacial score (nSPS) is 21.2. The Labute approximate surface area is 104 Å². The van der Waals surface area contributed by atoms with Crippen LogP contribution in [0.4, 0.5) is 5.69 Å². The highest BCUT2D eigenvalue weighted by Crippen LogP contribution is 2.35. The predicted octanol–water partition coefficient (Wildman–Crippen LogP) is 3.18. The molecule has 1 aromatic carbocycles. The van der Waals surface area contributed by atoms with Crippen LogP contribution in [0.5, 0.6) is 0 Å². The minimum Gasteiger partial charge on any atom is -0.399 e. The standard InChI is InChI=1S/C15H22N2/c16-13-7-5-12(6-8-13)11-17(15-9-10-15)14-3-1-2-4-14/h5-8,14-15H,1-4,9-11,16H2. The van der Waals surface area contributed by atoms with Crippen LogP contribution in [0.1, 0.15) is 44.1 Å². The van der Waals surface area contributed by atoms with Crippen molar-refractivity contribution >= 4 is 5.69 Å². The monoisotopic (exact) mass is 230 g/mol. The van der Waals surface area contributed by atoms with Gasteiger partial charge in [-0.25, -0.2) is 0 Å². The molecule has 2 N–H and O–H groups in total. The zero-order valence-electron chi connectivity index (χ0n) is 10.4. The van der Waals surface area contributed by atoms with Crippen LogP contribution in [0.3, 0.4) is 0 Å². The number of hydrogen-bond donors (Lipinski definition) is 1. The van der Waals surface area contributed by atoms with Crippen molar-refractivity contribution in [3.63, 3.8) is 0 Å². The second kappa shape index (κ2) is 4.69. The van der Waals surface area contributed by atoms with Crippen LogP contribution >= 0.6 is 0 Å². The van der Waals surface area contributed by atoms with E-state index < -0.39 is 0 Å². The van der Waals surface area contributed by atoms with E-state index in [4.69, 9.17) is 5.73 Å². The zero-order chi connectivity index (χ0) is 11.7. The molecule has 0 heterocycles. The van der Waals surface area contributed by atoms with E-state index in [0.29, 0.717) is 0 Å². The van der Waals surface area contributed by atoms with Crippen LogP contribution in [0, 0.1) is 0 Å². The van der Waals surface area contributed by atoms with Crippen LogP contribution in [-0.4, -0.2) is 17.0 Å². The Hall–Kier alpha value is -1.02. The van der Waals surface area contributed by atoms with Crippen molar-refractivity contribution in [2.45, 2.75) is 57.2 Å². The Kier molecular flexibility index (Phi) is 3.06. The summed E-state index contributed by atoms with van der Waals surface area (Å²) >= 11 is 0. The molecule has 0 spiro atoms. The van der Waals surface area contributed by atoms with Crippen molar-refractivity contribution in [2.24, 2.45) is 0 Å². The molecule has 3 rings (SSSR count). The number of nitrogens with zero attached hydrogens (tertiary/aromatic N) is 1. The Balaban J connectivity index is 1.69. The van der Waals surface area contributed by atoms with Gasteiger partial charge in [0.25, 0.3) is 0 Å². The molecule has 2 fully saturated rings. The third-order valence-corrected chi connectivity index (χ3v) is 4.15. The van der Waals surface area contributed by atoms with Crippen LogP contribution in [0.2, 0.25) is 0 Å². The summed E-state index contributed by atoms with van der Waals surface area (Å²) in [4.78, 5) is 2.75. The van der Waals surface area contributed by atoms with E-state index >= 15 is 0 Å². The van der Waals surface area contributed by atoms with Gasteiger partial charge in [-0.2, -0.15) is 0 Å². The zero-order valence-corrected chi connectivity index (χ0v) is 10.4. The maximum atomic E-state index is 5.74. The number of benzene rings is 1. The molecule has 0 radical (unpaired) electrons. The molecule has 2 aliphatic carbocycles. The van der Waals surface area contributed by atoms with E-state index in [1.54, 1.807) is 0 Å². The van der Waals surface area contributed by atoms with E-state index in [2.05, 4.69) is 17.0 Å². The molecule has 0 aliphatic heterocycles. The molecule has 0 amide bonds. The van der Waals surface area contributed by atoms with Gasteiger partial charge in [-0.05, 0) is 43.4 Å². The minimum absolute atomic E-state index is 0.847. The van der Waals surface area contributed by atoms with Gasteiger partial charge in [0.05, 0.1) is 0 Å². The fourth-order valence-corrected chi connectivity index (χ4v) is 3.03. The van der Waals surface area contributed by atoms with Gasteiger partial charge in [0, 0.05) is 24.3 Å². The van der Waals surface area contributed by atoms with E-state index in [-0.39, 0.29) is 0 Å². The molecule has 2 aliphatic rings. The van der Waals surface area contributed by atoms with Gasteiger partial charge < -0.3 is 5.73 Å². The fraction of sp³-hybridized carbons (Fsp3) is 0.600. The largest absolute Gasteiger partial charge is 0.399 e. The first kappa shape index (κ1) is 11.1. The maximum absolute atomic E-state index is 5.74. The lowest BCUT2D eigenvalue weighted by molar-refractivity contribution is 0.179. The highest BCUT2D eigenvalue weighted by atomic mass is 15.2. The first-order valence-corrected chi connectivity index (χ1v) is 6.93. The fourth-order valence-electron chi connectivity index (χ4n) is 3.03. The second-order valence-electron chi connectivity index (χ2n) is 5.58. The number of nitrogen functional groups attached to an aromatic ring is 1. The van der Waals surface area contributed by atoms with E-state index in [9.17, 15) is 0 Å². The Morgan fingerprint density at radius 3 is 2.12 bits per heavy atom. The summed E-state index contributed by atoms with van der Waals surface area (Å²) in [5.74, 6) is 0. The highest BCUT2D eigenvalue weighted by Gasteiger charge is 2.34. The van der Waals surface area contributed by atoms with Gasteiger partial charge in [0.1, 0.15) is 0 Å². The Morgan fingerprint density at radius 1 is 0.941 bits per heavy atom. The minimum atomic E-state index is 0.847. The molecule has 2 heteroatoms. The van der Waals surface area contributed by atoms with Crippen LogP contribution < -0.4 is 5.73 Å². The van der Waals surface area contributed by atoms with E-state index in [1.165, 1.54) is 44.1 Å². The van der Waals surface area contributed by atoms with Crippen LogP contribution in [0.15, 0.2) is 24.3 Å². The molecular formula is C15H22N2. The molecule has 0 unspecified atom stereocenters. The summed E-state index contributed by atoms with van der Waals surface area (Å²) in [6.45, 7) is 1.12. The van der Waals surface area contributed by atoms with Gasteiger partial charge in [-0.1, -0.05) is 25.0 Å². The summed E-state index contributed by atoms with van der Waals surface area (Å²) in [7, 11) is 0. The summed E-state index contributed by atoms with van der Waals surface area (Å²) in [6, 6.07) is 10.1. The molecule has 2 nitrogen and oxygen atoms in total. The van der Waals surface area contributed by atoms with Gasteiger partial charge in [0.15, 0.2) is 0 Å². The molecule has 0 atom stereocenters. The van der Waals surface area contributed by atoms with Gasteiger partial charge in [-0.3, -0.25) is 4.90 Å².